The molecule has 0 spiro atoms. The van der Waals surface area contributed by atoms with Crippen molar-refractivity contribution in [2.45, 2.75) is 50.3 Å². The lowest BCUT2D eigenvalue weighted by atomic mass is 10.1. The second-order valence-electron chi connectivity index (χ2n) is 4.78. The number of aliphatic hydroxyl groups excluding tert-OH is 1. The summed E-state index contributed by atoms with van der Waals surface area (Å²) in [5, 5.41) is 10.2. The van der Waals surface area contributed by atoms with Gasteiger partial charge in [-0.25, -0.2) is 0 Å². The summed E-state index contributed by atoms with van der Waals surface area (Å²) >= 11 is 4.76. The van der Waals surface area contributed by atoms with E-state index in [9.17, 15) is 5.11 Å². The Morgan fingerprint density at radius 3 is 2.65 bits per heavy atom. The quantitative estimate of drug-likeness (QED) is 0.663. The van der Waals surface area contributed by atoms with E-state index < -0.39 is 36.5 Å². The molecule has 0 aromatic heterocycles. The number of hydrogen-bond acceptors (Lipinski definition) is 7. The molecule has 96 valence electrons. The van der Waals surface area contributed by atoms with Crippen LogP contribution in [-0.2, 0) is 23.7 Å². The third-order valence-electron chi connectivity index (χ3n) is 3.03. The van der Waals surface area contributed by atoms with Gasteiger partial charge in [0.2, 0.25) is 0 Å². The molecule has 3 heterocycles. The minimum atomic E-state index is -0.809. The lowest BCUT2D eigenvalue weighted by Gasteiger charge is -2.24. The molecule has 0 aromatic carbocycles. The van der Waals surface area contributed by atoms with Crippen LogP contribution >= 0.6 is 12.2 Å². The number of rotatable bonds is 1. The highest BCUT2D eigenvalue weighted by Gasteiger charge is 2.57. The number of thiocarbonyl (C=S) groups is 1. The first-order valence-electron chi connectivity index (χ1n) is 5.49. The molecule has 0 amide bonds. The van der Waals surface area contributed by atoms with Crippen molar-refractivity contribution < 1.29 is 28.8 Å². The second-order valence-corrected chi connectivity index (χ2v) is 5.11. The molecule has 0 radical (unpaired) electrons. The Bertz CT molecular complexity index is 346. The highest BCUT2D eigenvalue weighted by molar-refractivity contribution is 7.79. The van der Waals surface area contributed by atoms with Crippen molar-refractivity contribution in [3.8, 4) is 0 Å². The van der Waals surface area contributed by atoms with Gasteiger partial charge in [0.1, 0.15) is 24.9 Å². The van der Waals surface area contributed by atoms with Gasteiger partial charge >= 0.3 is 5.24 Å². The molecule has 7 heteroatoms. The standard InChI is InChI=1S/C10H14O6S/c1-10(2)15-7-5(11)6(14-8(7)16-10)4-3-12-9(17)13-4/h4-8,11H,3H2,1-2H3/t4?,5-,6+,7+,8+/m0/s1. The molecule has 0 aliphatic carbocycles. The van der Waals surface area contributed by atoms with Crippen LogP contribution in [0.25, 0.3) is 0 Å². The molecule has 0 bridgehead atoms. The molecule has 3 fully saturated rings. The average molecular weight is 262 g/mol. The first-order chi connectivity index (χ1) is 7.96. The summed E-state index contributed by atoms with van der Waals surface area (Å²) in [6, 6.07) is 0. The van der Waals surface area contributed by atoms with Crippen LogP contribution in [-0.4, -0.2) is 53.4 Å². The van der Waals surface area contributed by atoms with Gasteiger partial charge in [0, 0.05) is 12.2 Å². The third-order valence-corrected chi connectivity index (χ3v) is 3.25. The molecule has 0 saturated carbocycles. The van der Waals surface area contributed by atoms with E-state index in [1.54, 1.807) is 13.8 Å². The van der Waals surface area contributed by atoms with E-state index in [-0.39, 0.29) is 11.8 Å². The maximum atomic E-state index is 10.1. The van der Waals surface area contributed by atoms with Crippen LogP contribution in [0, 0.1) is 0 Å². The number of ether oxygens (including phenoxy) is 5. The maximum Gasteiger partial charge on any atom is 0.352 e. The van der Waals surface area contributed by atoms with Crippen molar-refractivity contribution in [3.05, 3.63) is 0 Å². The zero-order valence-corrected chi connectivity index (χ0v) is 10.3. The summed E-state index contributed by atoms with van der Waals surface area (Å²) in [5.74, 6) is -0.733. The fourth-order valence-electron chi connectivity index (χ4n) is 2.33. The Balaban J connectivity index is 1.70. The monoisotopic (exact) mass is 262 g/mol. The molecule has 3 aliphatic rings. The second kappa shape index (κ2) is 3.76. The SMILES string of the molecule is CC1(C)O[C@H]2O[C@H](C3COC(=S)O3)[C@H](O)[C@H]2O1. The van der Waals surface area contributed by atoms with Gasteiger partial charge in [0.15, 0.2) is 18.2 Å². The molecule has 6 nitrogen and oxygen atoms in total. The largest absolute Gasteiger partial charge is 0.453 e. The van der Waals surface area contributed by atoms with Crippen molar-refractivity contribution in [2.75, 3.05) is 6.61 Å². The Morgan fingerprint density at radius 2 is 2.06 bits per heavy atom. The molecule has 3 rings (SSSR count). The van der Waals surface area contributed by atoms with Gasteiger partial charge in [0.05, 0.1) is 0 Å². The first kappa shape index (κ1) is 11.6. The van der Waals surface area contributed by atoms with E-state index in [4.69, 9.17) is 35.9 Å². The molecule has 1 unspecified atom stereocenters. The van der Waals surface area contributed by atoms with Crippen LogP contribution in [0.3, 0.4) is 0 Å². The Labute approximate surface area is 104 Å². The normalized spacial score (nSPS) is 47.7. The van der Waals surface area contributed by atoms with Crippen molar-refractivity contribution in [2.24, 2.45) is 0 Å². The fraction of sp³-hybridized carbons (Fsp3) is 0.900. The zero-order valence-electron chi connectivity index (χ0n) is 9.49. The molecule has 3 aliphatic heterocycles. The summed E-state index contributed by atoms with van der Waals surface area (Å²) in [4.78, 5) is 0. The highest BCUT2D eigenvalue weighted by atomic mass is 32.1. The summed E-state index contributed by atoms with van der Waals surface area (Å²) in [6.07, 6.45) is -2.81. The van der Waals surface area contributed by atoms with Gasteiger partial charge in [-0.05, 0) is 13.8 Å². The zero-order chi connectivity index (χ0) is 12.2. The predicted octanol–water partition coefficient (Wildman–Crippen LogP) is -0.0760. The van der Waals surface area contributed by atoms with Gasteiger partial charge in [-0.3, -0.25) is 0 Å². The lowest BCUT2D eigenvalue weighted by molar-refractivity contribution is -0.223. The van der Waals surface area contributed by atoms with E-state index >= 15 is 0 Å². The summed E-state index contributed by atoms with van der Waals surface area (Å²) in [5.41, 5.74) is 0. The molecule has 1 N–H and O–H groups in total. The Kier molecular flexibility index (Phi) is 2.57. The van der Waals surface area contributed by atoms with Gasteiger partial charge in [-0.1, -0.05) is 0 Å². The highest BCUT2D eigenvalue weighted by Crippen LogP contribution is 2.39. The van der Waals surface area contributed by atoms with E-state index in [0.29, 0.717) is 0 Å². The molecule has 0 aromatic rings. The van der Waals surface area contributed by atoms with Gasteiger partial charge in [-0.2, -0.15) is 0 Å². The van der Waals surface area contributed by atoms with Crippen LogP contribution in [0.15, 0.2) is 0 Å². The van der Waals surface area contributed by atoms with Gasteiger partial charge in [0.25, 0.3) is 0 Å². The Hall–Kier alpha value is -0.470. The first-order valence-corrected chi connectivity index (χ1v) is 5.90. The van der Waals surface area contributed by atoms with E-state index in [0.717, 1.165) is 0 Å². The van der Waals surface area contributed by atoms with Crippen LogP contribution < -0.4 is 0 Å². The molecular formula is C10H14O6S. The minimum Gasteiger partial charge on any atom is -0.453 e. The van der Waals surface area contributed by atoms with Crippen LogP contribution in [0.5, 0.6) is 0 Å². The maximum absolute atomic E-state index is 10.1. The van der Waals surface area contributed by atoms with E-state index in [1.165, 1.54) is 0 Å². The number of hydrogen-bond donors (Lipinski definition) is 1. The predicted molar refractivity (Wildman–Crippen MR) is 58.1 cm³/mol. The van der Waals surface area contributed by atoms with Gasteiger partial charge in [-0.15, -0.1) is 0 Å². The minimum absolute atomic E-state index is 0.0880. The fourth-order valence-corrected chi connectivity index (χ4v) is 2.52. The topological polar surface area (TPSA) is 66.4 Å². The van der Waals surface area contributed by atoms with E-state index in [1.807, 2.05) is 0 Å². The average Bonchev–Trinajstić information content (AvgIpc) is 2.83. The van der Waals surface area contributed by atoms with Crippen LogP contribution in [0.2, 0.25) is 0 Å². The van der Waals surface area contributed by atoms with Crippen molar-refractivity contribution in [1.82, 2.24) is 0 Å². The summed E-state index contributed by atoms with van der Waals surface area (Å²) < 4.78 is 27.0. The van der Waals surface area contributed by atoms with Crippen molar-refractivity contribution in [3.63, 3.8) is 0 Å². The lowest BCUT2D eigenvalue weighted by Crippen LogP contribution is -2.41. The number of aliphatic hydroxyl groups is 1. The van der Waals surface area contributed by atoms with Crippen LogP contribution in [0.1, 0.15) is 13.8 Å². The molecule has 3 saturated heterocycles. The van der Waals surface area contributed by atoms with Crippen LogP contribution in [0.4, 0.5) is 0 Å². The molecule has 17 heavy (non-hydrogen) atoms. The third kappa shape index (κ3) is 1.92. The smallest absolute Gasteiger partial charge is 0.352 e. The Morgan fingerprint density at radius 1 is 1.29 bits per heavy atom. The summed E-state index contributed by atoms with van der Waals surface area (Å²) in [7, 11) is 0. The van der Waals surface area contributed by atoms with Crippen molar-refractivity contribution in [1.29, 1.82) is 0 Å². The van der Waals surface area contributed by atoms with Crippen molar-refractivity contribution >= 4 is 17.5 Å². The number of fused-ring (bicyclic) bond motifs is 1. The summed E-state index contributed by atoms with van der Waals surface area (Å²) in [6.45, 7) is 3.84. The molecular weight excluding hydrogens is 248 g/mol. The van der Waals surface area contributed by atoms with Gasteiger partial charge < -0.3 is 28.8 Å². The molecule has 5 atom stereocenters. The van der Waals surface area contributed by atoms with E-state index in [2.05, 4.69) is 0 Å².